The van der Waals surface area contributed by atoms with Crippen molar-refractivity contribution < 1.29 is 0 Å². The topological polar surface area (TPSA) is 8.17 Å². The van der Waals surface area contributed by atoms with Gasteiger partial charge in [0, 0.05) is 39.1 Å². The summed E-state index contributed by atoms with van der Waals surface area (Å²) in [6.07, 6.45) is 6.75. The van der Waals surface area contributed by atoms with Gasteiger partial charge in [0.2, 0.25) is 0 Å². The lowest BCUT2D eigenvalue weighted by molar-refractivity contribution is 0.889. The Morgan fingerprint density at radius 2 is 1.07 bits per heavy atom. The van der Waals surface area contributed by atoms with E-state index in [1.165, 1.54) is 82.8 Å². The van der Waals surface area contributed by atoms with E-state index in [4.69, 9.17) is 0 Å². The lowest BCUT2D eigenvalue weighted by Gasteiger charge is -2.28. The first-order chi connectivity index (χ1) is 28.8. The van der Waals surface area contributed by atoms with Crippen molar-refractivity contribution in [1.29, 1.82) is 0 Å². The molecule has 0 unspecified atom stereocenters. The minimum absolute atomic E-state index is 1.01. The average molecular weight is 741 g/mol. The van der Waals surface area contributed by atoms with Crippen LogP contribution in [0.25, 0.3) is 77.6 Å². The summed E-state index contributed by atoms with van der Waals surface area (Å²) in [6.45, 7) is 0. The summed E-state index contributed by atoms with van der Waals surface area (Å²) >= 11 is 0. The van der Waals surface area contributed by atoms with E-state index in [-0.39, 0.29) is 0 Å². The molecule has 0 aliphatic heterocycles. The van der Waals surface area contributed by atoms with Gasteiger partial charge in [0.1, 0.15) is 0 Å². The van der Waals surface area contributed by atoms with Gasteiger partial charge in [-0.05, 0) is 111 Å². The number of anilines is 3. The quantitative estimate of drug-likeness (QED) is 0.158. The molecule has 11 rings (SSSR count). The highest BCUT2D eigenvalue weighted by molar-refractivity contribution is 6.16. The highest BCUT2D eigenvalue weighted by Crippen LogP contribution is 2.46. The molecule has 2 nitrogen and oxygen atoms in total. The van der Waals surface area contributed by atoms with Gasteiger partial charge in [0.15, 0.2) is 0 Å². The largest absolute Gasteiger partial charge is 0.313 e. The Bertz CT molecular complexity index is 3150. The summed E-state index contributed by atoms with van der Waals surface area (Å²) in [6, 6.07) is 75.2. The fourth-order valence-corrected chi connectivity index (χ4v) is 9.24. The zero-order valence-corrected chi connectivity index (χ0v) is 32.1. The second-order valence-electron chi connectivity index (χ2n) is 15.2. The van der Waals surface area contributed by atoms with Crippen LogP contribution in [0.4, 0.5) is 17.1 Å². The van der Waals surface area contributed by atoms with Crippen molar-refractivity contribution in [1.82, 2.24) is 4.57 Å². The third-order valence-electron chi connectivity index (χ3n) is 11.8. The number of allylic oxidation sites excluding steroid dienone is 1. The number of nitrogens with zero attached hydrogens (tertiary/aromatic N) is 2. The van der Waals surface area contributed by atoms with Crippen molar-refractivity contribution >= 4 is 55.6 Å². The highest BCUT2D eigenvalue weighted by atomic mass is 15.1. The van der Waals surface area contributed by atoms with Gasteiger partial charge in [0.05, 0.1) is 11.2 Å². The summed E-state index contributed by atoms with van der Waals surface area (Å²) in [5, 5.41) is 6.23. The van der Waals surface area contributed by atoms with E-state index in [9.17, 15) is 0 Å². The molecule has 10 aromatic rings. The van der Waals surface area contributed by atoms with Crippen LogP contribution in [-0.2, 0) is 6.42 Å². The molecule has 58 heavy (non-hydrogen) atoms. The van der Waals surface area contributed by atoms with Crippen LogP contribution < -0.4 is 4.90 Å². The Hall–Kier alpha value is -7.42. The highest BCUT2D eigenvalue weighted by Gasteiger charge is 2.24. The van der Waals surface area contributed by atoms with E-state index in [0.717, 1.165) is 29.9 Å². The molecule has 0 atom stereocenters. The molecule has 0 saturated heterocycles. The van der Waals surface area contributed by atoms with E-state index < -0.39 is 0 Å². The molecule has 0 bridgehead atoms. The Kier molecular flexibility index (Phi) is 8.33. The maximum atomic E-state index is 2.51. The molecule has 0 saturated carbocycles. The number of rotatable bonds is 7. The van der Waals surface area contributed by atoms with Crippen LogP contribution in [0.5, 0.6) is 0 Å². The van der Waals surface area contributed by atoms with Crippen LogP contribution in [0.3, 0.4) is 0 Å². The standard InChI is InChI=1S/C56H40N2/c1-3-17-39(18-4-1)47-26-11-12-27-48(47)41-33-35-45(36-34-41)57(52-32-16-21-40-19-7-9-28-49(40)52)46-25-15-22-43(37-46)55-50-29-10-8-20-42(50)38-54-56(55)51-30-13-14-31-53(51)58(54)44-23-5-2-6-24-44/h1-13,15-30,32-38H,14,31H2. The molecule has 9 aromatic carbocycles. The lowest BCUT2D eigenvalue weighted by atomic mass is 9.91. The molecular weight excluding hydrogens is 701 g/mol. The summed E-state index contributed by atoms with van der Waals surface area (Å²) in [5.41, 5.74) is 15.9. The molecule has 0 amide bonds. The van der Waals surface area contributed by atoms with Crippen LogP contribution in [0.2, 0.25) is 0 Å². The van der Waals surface area contributed by atoms with E-state index >= 15 is 0 Å². The number of hydrogen-bond acceptors (Lipinski definition) is 1. The van der Waals surface area contributed by atoms with Crippen LogP contribution >= 0.6 is 0 Å². The minimum atomic E-state index is 1.01. The van der Waals surface area contributed by atoms with Crippen LogP contribution in [0.1, 0.15) is 17.7 Å². The van der Waals surface area contributed by atoms with Crippen LogP contribution in [0, 0.1) is 0 Å². The molecule has 0 spiro atoms. The van der Waals surface area contributed by atoms with Gasteiger partial charge in [-0.1, -0.05) is 170 Å². The number of benzene rings is 9. The Labute approximate surface area is 339 Å². The summed E-state index contributed by atoms with van der Waals surface area (Å²) in [5.74, 6) is 0. The summed E-state index contributed by atoms with van der Waals surface area (Å²) in [4.78, 5) is 2.44. The van der Waals surface area contributed by atoms with Crippen molar-refractivity contribution in [3.8, 4) is 39.1 Å². The summed E-state index contributed by atoms with van der Waals surface area (Å²) in [7, 11) is 0. The molecule has 1 heterocycles. The van der Waals surface area contributed by atoms with E-state index in [1.54, 1.807) is 0 Å². The van der Waals surface area contributed by atoms with E-state index in [0.29, 0.717) is 0 Å². The second-order valence-corrected chi connectivity index (χ2v) is 15.2. The molecule has 1 aliphatic rings. The van der Waals surface area contributed by atoms with Crippen molar-refractivity contribution in [3.63, 3.8) is 0 Å². The minimum Gasteiger partial charge on any atom is -0.313 e. The predicted molar refractivity (Wildman–Crippen MR) is 247 cm³/mol. The number of aromatic nitrogens is 1. The maximum absolute atomic E-state index is 2.51. The fourth-order valence-electron chi connectivity index (χ4n) is 9.24. The zero-order valence-electron chi connectivity index (χ0n) is 32.1. The SMILES string of the molecule is C1=Cc2c(n(-c3ccccc3)c3cc4ccccc4c(-c4cccc(N(c5ccc(-c6ccccc6-c6ccccc6)cc5)c5cccc6ccccc56)c4)c23)CC1. The monoisotopic (exact) mass is 740 g/mol. The molecule has 0 fully saturated rings. The van der Waals surface area contributed by atoms with Gasteiger partial charge in [-0.15, -0.1) is 0 Å². The van der Waals surface area contributed by atoms with E-state index in [2.05, 4.69) is 228 Å². The van der Waals surface area contributed by atoms with Crippen LogP contribution in [0.15, 0.2) is 212 Å². The Morgan fingerprint density at radius 3 is 1.86 bits per heavy atom. The third kappa shape index (κ3) is 5.73. The smallest absolute Gasteiger partial charge is 0.0550 e. The Balaban J connectivity index is 1.12. The Morgan fingerprint density at radius 1 is 0.448 bits per heavy atom. The van der Waals surface area contributed by atoms with Crippen molar-refractivity contribution in [2.75, 3.05) is 4.90 Å². The first-order valence-electron chi connectivity index (χ1n) is 20.2. The molecule has 274 valence electrons. The van der Waals surface area contributed by atoms with E-state index in [1.807, 2.05) is 0 Å². The molecule has 1 aliphatic carbocycles. The first kappa shape index (κ1) is 33.9. The number of para-hydroxylation sites is 1. The maximum Gasteiger partial charge on any atom is 0.0550 e. The molecular formula is C56H40N2. The average Bonchev–Trinajstić information content (AvgIpc) is 3.63. The number of fused-ring (bicyclic) bond motifs is 5. The third-order valence-corrected chi connectivity index (χ3v) is 11.8. The van der Waals surface area contributed by atoms with Gasteiger partial charge in [0.25, 0.3) is 0 Å². The second kappa shape index (κ2) is 14.3. The fraction of sp³-hybridized carbons (Fsp3) is 0.0357. The molecule has 0 N–H and O–H groups in total. The van der Waals surface area contributed by atoms with Crippen molar-refractivity contribution in [3.05, 3.63) is 224 Å². The summed E-state index contributed by atoms with van der Waals surface area (Å²) < 4.78 is 2.51. The lowest BCUT2D eigenvalue weighted by Crippen LogP contribution is -2.10. The van der Waals surface area contributed by atoms with Crippen molar-refractivity contribution in [2.24, 2.45) is 0 Å². The molecule has 1 aromatic heterocycles. The van der Waals surface area contributed by atoms with Gasteiger partial charge in [-0.3, -0.25) is 0 Å². The van der Waals surface area contributed by atoms with Gasteiger partial charge < -0.3 is 9.47 Å². The van der Waals surface area contributed by atoms with Crippen LogP contribution in [-0.4, -0.2) is 4.57 Å². The zero-order chi connectivity index (χ0) is 38.4. The number of hydrogen-bond donors (Lipinski definition) is 0. The molecule has 2 heteroatoms. The normalized spacial score (nSPS) is 12.3. The van der Waals surface area contributed by atoms with Crippen molar-refractivity contribution in [2.45, 2.75) is 12.8 Å². The predicted octanol–water partition coefficient (Wildman–Crippen LogP) is 15.4. The molecule has 0 radical (unpaired) electrons. The first-order valence-corrected chi connectivity index (χ1v) is 20.2. The van der Waals surface area contributed by atoms with Gasteiger partial charge in [-0.2, -0.15) is 0 Å². The van der Waals surface area contributed by atoms with Gasteiger partial charge >= 0.3 is 0 Å². The van der Waals surface area contributed by atoms with Gasteiger partial charge in [-0.25, -0.2) is 0 Å².